The number of hydrogen-bond donors (Lipinski definition) is 1. The van der Waals surface area contributed by atoms with Crippen LogP contribution in [0, 0.1) is 11.8 Å². The molecule has 0 unspecified atom stereocenters. The minimum Gasteiger partial charge on any atom is -0.493 e. The number of nitrogens with one attached hydrogen (secondary N) is 1. The molecule has 1 aliphatic carbocycles. The molecule has 150 valence electrons. The molecule has 0 bridgehead atoms. The largest absolute Gasteiger partial charge is 0.493 e. The molecule has 27 heavy (non-hydrogen) atoms. The third-order valence-electron chi connectivity index (χ3n) is 5.14. The number of esters is 1. The van der Waals surface area contributed by atoms with Crippen LogP contribution in [0.25, 0.3) is 0 Å². The van der Waals surface area contributed by atoms with Gasteiger partial charge in [-0.1, -0.05) is 38.3 Å². The molecule has 1 amide bonds. The fourth-order valence-electron chi connectivity index (χ4n) is 3.37. The van der Waals surface area contributed by atoms with E-state index >= 15 is 0 Å². The summed E-state index contributed by atoms with van der Waals surface area (Å²) in [7, 11) is 1.46. The number of carbonyl (C=O) groups excluding carboxylic acids is 2. The van der Waals surface area contributed by atoms with Gasteiger partial charge in [-0.3, -0.25) is 4.79 Å². The molecule has 0 spiro atoms. The normalized spacial score (nSPS) is 22.0. The number of ether oxygens (including phenoxy) is 3. The fraction of sp³-hybridized carbons (Fsp3) is 0.600. The van der Waals surface area contributed by atoms with Crippen molar-refractivity contribution in [3.8, 4) is 11.5 Å². The number of carbonyl (C=O) groups is 2. The van der Waals surface area contributed by atoms with Crippen LogP contribution in [0.4, 0.5) is 0 Å². The topological polar surface area (TPSA) is 73.9 Å². The van der Waals surface area contributed by atoms with Crippen LogP contribution in [0.3, 0.4) is 0 Å². The number of amides is 1. The standard InChI is InChI=1S/C20H28ClNO5/c1-5-26-19-15(21)9-14(10-17(19)25-4)20(24)27-11-18(23)22-16-8-6-7-12(2)13(16)3/h9-10,12-13,16H,5-8,11H2,1-4H3,(H,22,23)/t12-,13+,16-/m1/s1. The van der Waals surface area contributed by atoms with Crippen molar-refractivity contribution in [2.75, 3.05) is 20.3 Å². The van der Waals surface area contributed by atoms with Gasteiger partial charge in [-0.15, -0.1) is 0 Å². The molecule has 1 fully saturated rings. The molecule has 1 aromatic carbocycles. The second kappa shape index (κ2) is 9.83. The van der Waals surface area contributed by atoms with Gasteiger partial charge in [-0.05, 0) is 37.3 Å². The number of benzene rings is 1. The zero-order valence-corrected chi connectivity index (χ0v) is 17.1. The van der Waals surface area contributed by atoms with E-state index in [1.54, 1.807) is 0 Å². The van der Waals surface area contributed by atoms with E-state index in [0.717, 1.165) is 12.8 Å². The smallest absolute Gasteiger partial charge is 0.338 e. The Labute approximate surface area is 165 Å². The summed E-state index contributed by atoms with van der Waals surface area (Å²) in [4.78, 5) is 24.5. The summed E-state index contributed by atoms with van der Waals surface area (Å²) in [5.41, 5.74) is 0.202. The van der Waals surface area contributed by atoms with Gasteiger partial charge in [-0.25, -0.2) is 4.79 Å². The first-order chi connectivity index (χ1) is 12.9. The zero-order valence-electron chi connectivity index (χ0n) is 16.3. The first-order valence-electron chi connectivity index (χ1n) is 9.34. The van der Waals surface area contributed by atoms with Crippen molar-refractivity contribution < 1.29 is 23.8 Å². The Morgan fingerprint density at radius 3 is 2.67 bits per heavy atom. The monoisotopic (exact) mass is 397 g/mol. The third kappa shape index (κ3) is 5.51. The van der Waals surface area contributed by atoms with Crippen molar-refractivity contribution in [2.45, 2.75) is 46.1 Å². The summed E-state index contributed by atoms with van der Waals surface area (Å²) in [6.07, 6.45) is 3.24. The average Bonchev–Trinajstić information content (AvgIpc) is 2.65. The van der Waals surface area contributed by atoms with Crippen LogP contribution in [0.5, 0.6) is 11.5 Å². The molecule has 1 N–H and O–H groups in total. The maximum absolute atomic E-state index is 12.3. The number of hydrogen-bond acceptors (Lipinski definition) is 5. The molecule has 0 saturated heterocycles. The van der Waals surface area contributed by atoms with E-state index in [4.69, 9.17) is 25.8 Å². The molecule has 0 aromatic heterocycles. The Morgan fingerprint density at radius 1 is 1.26 bits per heavy atom. The van der Waals surface area contributed by atoms with Crippen molar-refractivity contribution in [1.82, 2.24) is 5.32 Å². The maximum atomic E-state index is 12.3. The molecule has 1 aliphatic rings. The lowest BCUT2D eigenvalue weighted by atomic mass is 9.78. The van der Waals surface area contributed by atoms with Crippen LogP contribution in [-0.2, 0) is 9.53 Å². The van der Waals surface area contributed by atoms with Crippen LogP contribution in [-0.4, -0.2) is 38.2 Å². The summed E-state index contributed by atoms with van der Waals surface area (Å²) in [6, 6.07) is 3.06. The van der Waals surface area contributed by atoms with Gasteiger partial charge in [0.25, 0.3) is 5.91 Å². The molecule has 2 rings (SSSR count). The number of rotatable bonds is 7. The van der Waals surface area contributed by atoms with Gasteiger partial charge in [0.2, 0.25) is 0 Å². The number of methoxy groups -OCH3 is 1. The van der Waals surface area contributed by atoms with Crippen molar-refractivity contribution in [3.63, 3.8) is 0 Å². The highest BCUT2D eigenvalue weighted by Crippen LogP contribution is 2.36. The van der Waals surface area contributed by atoms with Crippen molar-refractivity contribution in [1.29, 1.82) is 0 Å². The van der Waals surface area contributed by atoms with E-state index in [0.29, 0.717) is 29.9 Å². The molecule has 0 heterocycles. The minimum absolute atomic E-state index is 0.125. The molecule has 1 saturated carbocycles. The highest BCUT2D eigenvalue weighted by atomic mass is 35.5. The fourth-order valence-corrected chi connectivity index (χ4v) is 3.64. The van der Waals surface area contributed by atoms with Crippen LogP contribution in [0.2, 0.25) is 5.02 Å². The lowest BCUT2D eigenvalue weighted by molar-refractivity contribution is -0.125. The average molecular weight is 398 g/mol. The van der Waals surface area contributed by atoms with Crippen LogP contribution in [0.1, 0.15) is 50.4 Å². The Kier molecular flexibility index (Phi) is 7.78. The third-order valence-corrected chi connectivity index (χ3v) is 5.42. The highest BCUT2D eigenvalue weighted by Gasteiger charge is 2.28. The molecular weight excluding hydrogens is 370 g/mol. The Morgan fingerprint density at radius 2 is 2.00 bits per heavy atom. The van der Waals surface area contributed by atoms with Crippen molar-refractivity contribution in [2.24, 2.45) is 11.8 Å². The molecule has 3 atom stereocenters. The Bertz CT molecular complexity index is 679. The minimum atomic E-state index is -0.640. The lowest BCUT2D eigenvalue weighted by Crippen LogP contribution is -2.45. The number of halogens is 1. The van der Waals surface area contributed by atoms with Gasteiger partial charge >= 0.3 is 5.97 Å². The first kappa shape index (κ1) is 21.4. The van der Waals surface area contributed by atoms with E-state index in [-0.39, 0.29) is 29.1 Å². The SMILES string of the molecule is CCOc1c(Cl)cc(C(=O)OCC(=O)N[C@@H]2CCC[C@@H](C)[C@@H]2C)cc1OC. The summed E-state index contributed by atoms with van der Waals surface area (Å²) in [5.74, 6) is 0.761. The summed E-state index contributed by atoms with van der Waals surface area (Å²) in [5, 5.41) is 3.23. The van der Waals surface area contributed by atoms with Crippen molar-refractivity contribution >= 4 is 23.5 Å². The molecule has 1 aromatic rings. The van der Waals surface area contributed by atoms with E-state index in [1.165, 1.54) is 25.7 Å². The van der Waals surface area contributed by atoms with E-state index in [1.807, 2.05) is 6.92 Å². The van der Waals surface area contributed by atoms with Gasteiger partial charge in [0.1, 0.15) is 0 Å². The first-order valence-corrected chi connectivity index (χ1v) is 9.72. The summed E-state index contributed by atoms with van der Waals surface area (Å²) < 4.78 is 15.8. The van der Waals surface area contributed by atoms with Crippen LogP contribution in [0.15, 0.2) is 12.1 Å². The molecule has 0 aliphatic heterocycles. The zero-order chi connectivity index (χ0) is 20.0. The highest BCUT2D eigenvalue weighted by molar-refractivity contribution is 6.32. The Hall–Kier alpha value is -1.95. The quantitative estimate of drug-likeness (QED) is 0.707. The van der Waals surface area contributed by atoms with Crippen LogP contribution < -0.4 is 14.8 Å². The molecule has 7 heteroatoms. The molecule has 6 nitrogen and oxygen atoms in total. The molecule has 0 radical (unpaired) electrons. The van der Waals surface area contributed by atoms with Gasteiger partial charge < -0.3 is 19.5 Å². The Balaban J connectivity index is 1.95. The summed E-state index contributed by atoms with van der Waals surface area (Å²) in [6.45, 7) is 6.26. The predicted octanol–water partition coefficient (Wildman–Crippen LogP) is 3.85. The summed E-state index contributed by atoms with van der Waals surface area (Å²) >= 11 is 6.17. The van der Waals surface area contributed by atoms with Crippen molar-refractivity contribution in [3.05, 3.63) is 22.7 Å². The van der Waals surface area contributed by atoms with E-state index < -0.39 is 5.97 Å². The van der Waals surface area contributed by atoms with Gasteiger partial charge in [-0.2, -0.15) is 0 Å². The second-order valence-electron chi connectivity index (χ2n) is 6.94. The van der Waals surface area contributed by atoms with Crippen LogP contribution >= 0.6 is 11.6 Å². The molecular formula is C20H28ClNO5. The lowest BCUT2D eigenvalue weighted by Gasteiger charge is -2.34. The second-order valence-corrected chi connectivity index (χ2v) is 7.35. The predicted molar refractivity (Wildman–Crippen MR) is 104 cm³/mol. The van der Waals surface area contributed by atoms with E-state index in [9.17, 15) is 9.59 Å². The maximum Gasteiger partial charge on any atom is 0.338 e. The van der Waals surface area contributed by atoms with Gasteiger partial charge in [0.15, 0.2) is 18.1 Å². The van der Waals surface area contributed by atoms with Gasteiger partial charge in [0.05, 0.1) is 24.3 Å². The van der Waals surface area contributed by atoms with Gasteiger partial charge in [0, 0.05) is 6.04 Å². The van der Waals surface area contributed by atoms with E-state index in [2.05, 4.69) is 19.2 Å².